The number of amides is 4. The number of halogens is 4. The number of carbonyl (C=O) groups excluding carboxylic acids is 3. The zero-order chi connectivity index (χ0) is 28.8. The average molecular weight is 555 g/mol. The average Bonchev–Trinajstić information content (AvgIpc) is 3.48. The summed E-state index contributed by atoms with van der Waals surface area (Å²) in [6.07, 6.45) is -3.11. The standard InChI is InChI=1S/C26H21F4N7O3/c1-36-9-8-18(35-36)14-10-15(17(27)11-16(14)26(28,29)30)23(38)32-19-12-31-22(20-24(39)34-25(40)33-20)37(2)21(19)13-6-4-3-5-7-13/h3-12,20,22H,1-2H3,(H,32,38)(H2,33,34,39,40). The lowest BCUT2D eigenvalue weighted by atomic mass is 9.99. The number of hydrogen-bond donors (Lipinski definition) is 3. The Morgan fingerprint density at radius 1 is 1.07 bits per heavy atom. The van der Waals surface area contributed by atoms with E-state index in [-0.39, 0.29) is 17.5 Å². The fraction of sp³-hybridized carbons (Fsp3) is 0.192. The van der Waals surface area contributed by atoms with E-state index in [0.717, 1.165) is 6.07 Å². The van der Waals surface area contributed by atoms with Crippen LogP contribution in [0.5, 0.6) is 0 Å². The highest BCUT2D eigenvalue weighted by molar-refractivity contribution is 6.06. The van der Waals surface area contributed by atoms with Crippen LogP contribution in [0.1, 0.15) is 21.5 Å². The van der Waals surface area contributed by atoms with Crippen molar-refractivity contribution in [2.75, 3.05) is 7.05 Å². The first kappa shape index (κ1) is 26.6. The Bertz CT molecular complexity index is 1580. The van der Waals surface area contributed by atoms with Crippen molar-refractivity contribution in [3.05, 3.63) is 82.9 Å². The number of nitrogens with zero attached hydrogens (tertiary/aromatic N) is 4. The van der Waals surface area contributed by atoms with Crippen LogP contribution >= 0.6 is 0 Å². The van der Waals surface area contributed by atoms with Gasteiger partial charge in [-0.25, -0.2) is 9.18 Å². The number of likely N-dealkylation sites (N-methyl/N-ethyl adjacent to an activating group) is 1. The van der Waals surface area contributed by atoms with Crippen molar-refractivity contribution in [1.29, 1.82) is 0 Å². The van der Waals surface area contributed by atoms with Crippen LogP contribution in [0.4, 0.5) is 22.4 Å². The summed E-state index contributed by atoms with van der Waals surface area (Å²) in [5.74, 6) is -3.00. The van der Waals surface area contributed by atoms with Gasteiger partial charge in [-0.1, -0.05) is 30.3 Å². The number of carbonyl (C=O) groups is 3. The van der Waals surface area contributed by atoms with Crippen LogP contribution in [0.15, 0.2) is 65.4 Å². The Kier molecular flexibility index (Phi) is 6.61. The molecule has 0 spiro atoms. The second-order valence-electron chi connectivity index (χ2n) is 9.08. The third kappa shape index (κ3) is 4.90. The molecule has 2 aliphatic heterocycles. The Morgan fingerprint density at radius 3 is 2.40 bits per heavy atom. The maximum absolute atomic E-state index is 15.0. The molecule has 1 saturated heterocycles. The molecule has 1 fully saturated rings. The highest BCUT2D eigenvalue weighted by Gasteiger charge is 2.41. The minimum absolute atomic E-state index is 0.0910. The number of nitrogens with one attached hydrogen (secondary N) is 3. The van der Waals surface area contributed by atoms with E-state index >= 15 is 0 Å². The topological polar surface area (TPSA) is 121 Å². The van der Waals surface area contributed by atoms with Gasteiger partial charge in [0.1, 0.15) is 5.82 Å². The lowest BCUT2D eigenvalue weighted by molar-refractivity contribution is -0.137. The molecule has 1 aromatic heterocycles. The molecule has 2 unspecified atom stereocenters. The maximum Gasteiger partial charge on any atom is 0.417 e. The van der Waals surface area contributed by atoms with Crippen molar-refractivity contribution in [3.8, 4) is 11.3 Å². The highest BCUT2D eigenvalue weighted by Crippen LogP contribution is 2.38. The summed E-state index contributed by atoms with van der Waals surface area (Å²) in [6, 6.07) is 9.36. The zero-order valence-corrected chi connectivity index (χ0v) is 21.0. The fourth-order valence-corrected chi connectivity index (χ4v) is 4.58. The molecule has 0 aliphatic carbocycles. The molecule has 0 saturated carbocycles. The van der Waals surface area contributed by atoms with Crippen LogP contribution in [0.2, 0.25) is 0 Å². The maximum atomic E-state index is 15.0. The van der Waals surface area contributed by atoms with Gasteiger partial charge < -0.3 is 15.5 Å². The molecule has 5 rings (SSSR count). The normalized spacial score (nSPS) is 19.1. The fourth-order valence-electron chi connectivity index (χ4n) is 4.58. The van der Waals surface area contributed by atoms with Gasteiger partial charge in [0, 0.05) is 37.6 Å². The molecule has 2 aliphatic rings. The molecule has 10 nitrogen and oxygen atoms in total. The Balaban J connectivity index is 1.55. The van der Waals surface area contributed by atoms with Gasteiger partial charge in [0.15, 0.2) is 12.2 Å². The molecule has 3 heterocycles. The summed E-state index contributed by atoms with van der Waals surface area (Å²) in [6.45, 7) is 0. The Morgan fingerprint density at radius 2 is 1.80 bits per heavy atom. The van der Waals surface area contributed by atoms with Gasteiger partial charge in [0.25, 0.3) is 11.8 Å². The SMILES string of the molecule is CN1C(c2ccccc2)=C(NC(=O)c2cc(-c3ccn(C)n3)c(C(F)(F)F)cc2F)C=NC1C1NC(=O)NC1=O. The largest absolute Gasteiger partial charge is 0.417 e. The monoisotopic (exact) mass is 555 g/mol. The smallest absolute Gasteiger partial charge is 0.348 e. The first-order valence-corrected chi connectivity index (χ1v) is 11.8. The van der Waals surface area contributed by atoms with Gasteiger partial charge in [-0.2, -0.15) is 18.3 Å². The summed E-state index contributed by atoms with van der Waals surface area (Å²) in [5, 5.41) is 11.2. The van der Waals surface area contributed by atoms with Gasteiger partial charge in [-0.3, -0.25) is 24.6 Å². The third-order valence-corrected chi connectivity index (χ3v) is 6.41. The van der Waals surface area contributed by atoms with Gasteiger partial charge >= 0.3 is 12.2 Å². The van der Waals surface area contributed by atoms with Crippen LogP contribution < -0.4 is 16.0 Å². The van der Waals surface area contributed by atoms with E-state index in [1.54, 1.807) is 42.3 Å². The molecule has 206 valence electrons. The highest BCUT2D eigenvalue weighted by atomic mass is 19.4. The predicted octanol–water partition coefficient (Wildman–Crippen LogP) is 2.89. The molecule has 3 aromatic rings. The van der Waals surface area contributed by atoms with Crippen LogP contribution in [0.3, 0.4) is 0 Å². The molecule has 14 heteroatoms. The molecule has 40 heavy (non-hydrogen) atoms. The number of benzene rings is 2. The molecule has 2 atom stereocenters. The quantitative estimate of drug-likeness (QED) is 0.330. The molecule has 2 aromatic carbocycles. The van der Waals surface area contributed by atoms with Crippen LogP contribution in [-0.4, -0.2) is 58.0 Å². The number of aromatic nitrogens is 2. The first-order chi connectivity index (χ1) is 18.9. The Labute approximate surface area is 224 Å². The molecule has 0 radical (unpaired) electrons. The van der Waals surface area contributed by atoms with E-state index in [1.807, 2.05) is 0 Å². The van der Waals surface area contributed by atoms with Crippen LogP contribution in [0.25, 0.3) is 17.0 Å². The summed E-state index contributed by atoms with van der Waals surface area (Å²) in [5.41, 5.74) is -1.42. The van der Waals surface area contributed by atoms with Crippen molar-refractivity contribution >= 4 is 29.8 Å². The van der Waals surface area contributed by atoms with E-state index in [9.17, 15) is 31.9 Å². The van der Waals surface area contributed by atoms with Crippen molar-refractivity contribution in [2.24, 2.45) is 12.0 Å². The van der Waals surface area contributed by atoms with E-state index in [1.165, 1.54) is 30.2 Å². The summed E-state index contributed by atoms with van der Waals surface area (Å²) in [4.78, 5) is 43.2. The van der Waals surface area contributed by atoms with Crippen molar-refractivity contribution in [1.82, 2.24) is 30.6 Å². The van der Waals surface area contributed by atoms with E-state index in [4.69, 9.17) is 0 Å². The van der Waals surface area contributed by atoms with Crippen molar-refractivity contribution < 1.29 is 31.9 Å². The number of allylic oxidation sites excluding steroid dienone is 1. The second-order valence-corrected chi connectivity index (χ2v) is 9.08. The van der Waals surface area contributed by atoms with Gasteiger partial charge in [0.2, 0.25) is 0 Å². The minimum atomic E-state index is -4.90. The predicted molar refractivity (Wildman–Crippen MR) is 135 cm³/mol. The summed E-state index contributed by atoms with van der Waals surface area (Å²) >= 11 is 0. The first-order valence-electron chi connectivity index (χ1n) is 11.8. The van der Waals surface area contributed by atoms with Gasteiger partial charge in [-0.15, -0.1) is 0 Å². The number of aliphatic imine (C=N–C) groups is 1. The molecule has 3 N–H and O–H groups in total. The molecular weight excluding hydrogens is 534 g/mol. The molecule has 4 amide bonds. The molecular formula is C26H21F4N7O3. The number of imide groups is 1. The zero-order valence-electron chi connectivity index (χ0n) is 21.0. The number of urea groups is 1. The van der Waals surface area contributed by atoms with Gasteiger partial charge in [-0.05, 0) is 18.2 Å². The number of alkyl halides is 3. The van der Waals surface area contributed by atoms with E-state index in [2.05, 4.69) is 26.0 Å². The number of rotatable bonds is 5. The van der Waals surface area contributed by atoms with Crippen LogP contribution in [0, 0.1) is 5.82 Å². The van der Waals surface area contributed by atoms with Gasteiger partial charge in [0.05, 0.1) is 28.2 Å². The summed E-state index contributed by atoms with van der Waals surface area (Å²) in [7, 11) is 3.10. The van der Waals surface area contributed by atoms with Crippen molar-refractivity contribution in [2.45, 2.75) is 18.4 Å². The van der Waals surface area contributed by atoms with E-state index < -0.39 is 58.7 Å². The lowest BCUT2D eigenvalue weighted by Crippen LogP contribution is -2.50. The number of hydrogen-bond acceptors (Lipinski definition) is 6. The second kappa shape index (κ2) is 9.94. The minimum Gasteiger partial charge on any atom is -0.348 e. The number of aryl methyl sites for hydroxylation is 1. The lowest BCUT2D eigenvalue weighted by Gasteiger charge is -2.35. The summed E-state index contributed by atoms with van der Waals surface area (Å²) < 4.78 is 57.5. The Hall–Kier alpha value is -5.01. The van der Waals surface area contributed by atoms with Crippen LogP contribution in [-0.2, 0) is 18.0 Å². The van der Waals surface area contributed by atoms with E-state index in [0.29, 0.717) is 11.3 Å². The molecule has 0 bridgehead atoms. The third-order valence-electron chi connectivity index (χ3n) is 6.41. The van der Waals surface area contributed by atoms with Crippen molar-refractivity contribution in [3.63, 3.8) is 0 Å².